The van der Waals surface area contributed by atoms with E-state index >= 15 is 0 Å². The molecule has 0 unspecified atom stereocenters. The zero-order valence-corrected chi connectivity index (χ0v) is 15.5. The summed E-state index contributed by atoms with van der Waals surface area (Å²) in [4.78, 5) is 17.9. The molecule has 1 aliphatic heterocycles. The number of carbonyl (C=O) groups is 1. The number of ether oxygens (including phenoxy) is 1. The molecule has 5 nitrogen and oxygen atoms in total. The molecule has 136 valence electrons. The molecule has 1 aliphatic rings. The summed E-state index contributed by atoms with van der Waals surface area (Å²) in [6.07, 6.45) is 1.67. The fourth-order valence-electron chi connectivity index (χ4n) is 2.62. The summed E-state index contributed by atoms with van der Waals surface area (Å²) < 4.78 is 18.3. The highest BCUT2D eigenvalue weighted by Gasteiger charge is 2.36. The number of nitrogens with zero attached hydrogens (tertiary/aromatic N) is 1. The zero-order valence-electron chi connectivity index (χ0n) is 13.9. The third-order valence-electron chi connectivity index (χ3n) is 4.23. The molecule has 2 heterocycles. The van der Waals surface area contributed by atoms with Gasteiger partial charge in [0.1, 0.15) is 11.4 Å². The fourth-order valence-corrected chi connectivity index (χ4v) is 3.61. The number of aromatic nitrogens is 1. The Morgan fingerprint density at radius 3 is 2.64 bits per heavy atom. The Bertz CT molecular complexity index is 730. The number of hydrogen-bond acceptors (Lipinski definition) is 5. The average molecular weight is 386 g/mol. The van der Waals surface area contributed by atoms with Crippen molar-refractivity contribution in [2.24, 2.45) is 5.73 Å². The number of nitrogens with two attached hydrogens (primary N) is 1. The summed E-state index contributed by atoms with van der Waals surface area (Å²) >= 11 is 1.43. The van der Waals surface area contributed by atoms with Crippen LogP contribution in [0.1, 0.15) is 29.0 Å². The van der Waals surface area contributed by atoms with Crippen LogP contribution in [0.4, 0.5) is 9.52 Å². The molecule has 0 bridgehead atoms. The quantitative estimate of drug-likeness (QED) is 0.848. The van der Waals surface area contributed by atoms with E-state index in [1.54, 1.807) is 12.1 Å². The van der Waals surface area contributed by atoms with Gasteiger partial charge in [0, 0.05) is 24.5 Å². The van der Waals surface area contributed by atoms with E-state index in [-0.39, 0.29) is 24.1 Å². The van der Waals surface area contributed by atoms with E-state index in [9.17, 15) is 9.18 Å². The van der Waals surface area contributed by atoms with Crippen LogP contribution in [0.2, 0.25) is 0 Å². The number of carbonyl (C=O) groups excluding carboxylic acids is 1. The molecule has 25 heavy (non-hydrogen) atoms. The van der Waals surface area contributed by atoms with Gasteiger partial charge in [0.25, 0.3) is 0 Å². The molecule has 8 heteroatoms. The zero-order chi connectivity index (χ0) is 17.2. The van der Waals surface area contributed by atoms with Gasteiger partial charge >= 0.3 is 0 Å². The van der Waals surface area contributed by atoms with Crippen LogP contribution in [0.25, 0.3) is 0 Å². The van der Waals surface area contributed by atoms with E-state index in [4.69, 9.17) is 10.5 Å². The van der Waals surface area contributed by atoms with Gasteiger partial charge in [0.2, 0.25) is 5.91 Å². The van der Waals surface area contributed by atoms with Gasteiger partial charge in [-0.15, -0.1) is 23.7 Å². The van der Waals surface area contributed by atoms with Crippen LogP contribution < -0.4 is 11.1 Å². The van der Waals surface area contributed by atoms with Crippen molar-refractivity contribution in [1.29, 1.82) is 0 Å². The average Bonchev–Trinajstić information content (AvgIpc) is 2.90. The second-order valence-electron chi connectivity index (χ2n) is 6.05. The van der Waals surface area contributed by atoms with Gasteiger partial charge in [-0.3, -0.25) is 4.79 Å². The maximum absolute atomic E-state index is 13.0. The van der Waals surface area contributed by atoms with Crippen LogP contribution in [-0.2, 0) is 16.0 Å². The lowest BCUT2D eigenvalue weighted by atomic mass is 9.90. The van der Waals surface area contributed by atoms with E-state index in [1.807, 2.05) is 6.92 Å². The lowest BCUT2D eigenvalue weighted by Crippen LogP contribution is -2.54. The van der Waals surface area contributed by atoms with Gasteiger partial charge in [0.15, 0.2) is 5.13 Å². The Hall–Kier alpha value is -1.54. The van der Waals surface area contributed by atoms with Crippen LogP contribution in [0.15, 0.2) is 24.3 Å². The number of halogens is 2. The molecule has 1 amide bonds. The molecule has 0 radical (unpaired) electrons. The van der Waals surface area contributed by atoms with Gasteiger partial charge in [-0.1, -0.05) is 12.1 Å². The number of amides is 1. The van der Waals surface area contributed by atoms with Crippen molar-refractivity contribution < 1.29 is 13.9 Å². The Balaban J connectivity index is 0.00000225. The minimum Gasteiger partial charge on any atom is -0.381 e. The van der Waals surface area contributed by atoms with E-state index in [0.29, 0.717) is 37.6 Å². The maximum atomic E-state index is 13.0. The fraction of sp³-hybridized carbons (Fsp3) is 0.412. The Morgan fingerprint density at radius 2 is 2.00 bits per heavy atom. The first-order valence-corrected chi connectivity index (χ1v) is 8.67. The molecule has 1 fully saturated rings. The van der Waals surface area contributed by atoms with Gasteiger partial charge in [-0.25, -0.2) is 9.37 Å². The topological polar surface area (TPSA) is 77.2 Å². The lowest BCUT2D eigenvalue weighted by Gasteiger charge is -2.31. The van der Waals surface area contributed by atoms with Gasteiger partial charge in [0.05, 0.1) is 5.69 Å². The highest BCUT2D eigenvalue weighted by molar-refractivity contribution is 7.15. The molecule has 0 aliphatic carbocycles. The van der Waals surface area contributed by atoms with Gasteiger partial charge < -0.3 is 15.8 Å². The van der Waals surface area contributed by atoms with Crippen LogP contribution in [-0.4, -0.2) is 29.6 Å². The standard InChI is InChI=1S/C17H20FN3O2S.ClH/c1-11-14(10-12-2-4-13(18)5-3-12)24-16(20-11)21-15(22)17(19)6-8-23-9-7-17;/h2-5H,6-10,19H2,1H3,(H,20,21,22);1H. The third-order valence-corrected chi connectivity index (χ3v) is 5.30. The number of aryl methyl sites for hydroxylation is 1. The summed E-state index contributed by atoms with van der Waals surface area (Å²) in [5, 5.41) is 3.38. The minimum atomic E-state index is -0.894. The number of anilines is 1. The Kier molecular flexibility index (Phi) is 6.51. The number of thiazole rings is 1. The van der Waals surface area contributed by atoms with Crippen molar-refractivity contribution in [3.63, 3.8) is 0 Å². The largest absolute Gasteiger partial charge is 0.381 e. The van der Waals surface area contributed by atoms with Crippen molar-refractivity contribution in [2.75, 3.05) is 18.5 Å². The third kappa shape index (κ3) is 4.76. The van der Waals surface area contributed by atoms with Crippen LogP contribution in [0.5, 0.6) is 0 Å². The SMILES string of the molecule is Cc1nc(NC(=O)C2(N)CCOCC2)sc1Cc1ccc(F)cc1.Cl. The number of rotatable bonds is 4. The first-order chi connectivity index (χ1) is 11.5. The van der Waals surface area contributed by atoms with Crippen molar-refractivity contribution in [3.8, 4) is 0 Å². The summed E-state index contributed by atoms with van der Waals surface area (Å²) in [5.74, 6) is -0.467. The van der Waals surface area contributed by atoms with Gasteiger partial charge in [-0.2, -0.15) is 0 Å². The second-order valence-corrected chi connectivity index (χ2v) is 7.14. The first-order valence-electron chi connectivity index (χ1n) is 7.85. The first kappa shape index (κ1) is 19.8. The molecular formula is C17H21ClFN3O2S. The molecule has 3 rings (SSSR count). The summed E-state index contributed by atoms with van der Waals surface area (Å²) in [6.45, 7) is 2.89. The van der Waals surface area contributed by atoms with Crippen molar-refractivity contribution in [3.05, 3.63) is 46.2 Å². The monoisotopic (exact) mass is 385 g/mol. The highest BCUT2D eigenvalue weighted by Crippen LogP contribution is 2.27. The molecular weight excluding hydrogens is 365 g/mol. The lowest BCUT2D eigenvalue weighted by molar-refractivity contribution is -0.124. The minimum absolute atomic E-state index is 0. The Morgan fingerprint density at radius 1 is 1.36 bits per heavy atom. The smallest absolute Gasteiger partial charge is 0.246 e. The molecule has 1 saturated heterocycles. The molecule has 1 aromatic carbocycles. The predicted molar refractivity (Wildman–Crippen MR) is 98.9 cm³/mol. The second kappa shape index (κ2) is 8.23. The predicted octanol–water partition coefficient (Wildman–Crippen LogP) is 3.05. The van der Waals surface area contributed by atoms with Gasteiger partial charge in [-0.05, 0) is 37.5 Å². The summed E-state index contributed by atoms with van der Waals surface area (Å²) in [7, 11) is 0. The van der Waals surface area contributed by atoms with E-state index in [2.05, 4.69) is 10.3 Å². The summed E-state index contributed by atoms with van der Waals surface area (Å²) in [5.41, 5.74) is 7.15. The van der Waals surface area contributed by atoms with E-state index in [0.717, 1.165) is 16.1 Å². The summed E-state index contributed by atoms with van der Waals surface area (Å²) in [6, 6.07) is 6.39. The molecule has 0 saturated carbocycles. The van der Waals surface area contributed by atoms with E-state index in [1.165, 1.54) is 23.5 Å². The molecule has 1 aromatic heterocycles. The van der Waals surface area contributed by atoms with E-state index < -0.39 is 5.54 Å². The van der Waals surface area contributed by atoms with Crippen LogP contribution >= 0.6 is 23.7 Å². The Labute approximate surface area is 156 Å². The number of hydrogen-bond donors (Lipinski definition) is 2. The number of benzene rings is 1. The van der Waals surface area contributed by atoms with Crippen molar-refractivity contribution in [1.82, 2.24) is 4.98 Å². The van der Waals surface area contributed by atoms with Crippen molar-refractivity contribution >= 4 is 34.8 Å². The maximum Gasteiger partial charge on any atom is 0.246 e. The molecule has 0 atom stereocenters. The molecule has 2 aromatic rings. The van der Waals surface area contributed by atoms with Crippen molar-refractivity contribution in [2.45, 2.75) is 31.7 Å². The molecule has 0 spiro atoms. The van der Waals surface area contributed by atoms with Crippen LogP contribution in [0.3, 0.4) is 0 Å². The number of nitrogens with one attached hydrogen (secondary N) is 1. The molecule has 3 N–H and O–H groups in total. The normalized spacial score (nSPS) is 16.1. The highest BCUT2D eigenvalue weighted by atomic mass is 35.5. The van der Waals surface area contributed by atoms with Crippen LogP contribution in [0, 0.1) is 12.7 Å².